The highest BCUT2D eigenvalue weighted by molar-refractivity contribution is 5.58. The van der Waals surface area contributed by atoms with Gasteiger partial charge in [-0.3, -0.25) is 0 Å². The number of rotatable bonds is 3. The zero-order valence-corrected chi connectivity index (χ0v) is 13.8. The lowest BCUT2D eigenvalue weighted by Gasteiger charge is -2.14. The van der Waals surface area contributed by atoms with Gasteiger partial charge in [0.2, 0.25) is 0 Å². The van der Waals surface area contributed by atoms with Crippen molar-refractivity contribution >= 4 is 0 Å². The molecule has 126 valence electrons. The van der Waals surface area contributed by atoms with Gasteiger partial charge in [0.15, 0.2) is 5.82 Å². The molecule has 0 radical (unpaired) electrons. The molecular weight excluding hydrogens is 326 g/mol. The summed E-state index contributed by atoms with van der Waals surface area (Å²) in [5.74, 6) is 0.319. The Bertz CT molecular complexity index is 1150. The molecule has 0 N–H and O–H groups in total. The van der Waals surface area contributed by atoms with Crippen LogP contribution in [-0.2, 0) is 0 Å². The average molecular weight is 341 g/mol. The van der Waals surface area contributed by atoms with Gasteiger partial charge in [0.1, 0.15) is 0 Å². The van der Waals surface area contributed by atoms with Crippen LogP contribution in [0.25, 0.3) is 22.8 Å². The highest BCUT2D eigenvalue weighted by atomic mass is 16.2. The second-order valence-corrected chi connectivity index (χ2v) is 5.71. The van der Waals surface area contributed by atoms with Crippen LogP contribution in [0, 0.1) is 0 Å². The minimum Gasteiger partial charge on any atom is -0.247 e. The second kappa shape index (κ2) is 6.64. The van der Waals surface area contributed by atoms with Gasteiger partial charge in [-0.2, -0.15) is 4.98 Å². The third kappa shape index (κ3) is 2.75. The molecule has 26 heavy (non-hydrogen) atoms. The monoisotopic (exact) mass is 341 g/mol. The molecule has 1 aromatic heterocycles. The van der Waals surface area contributed by atoms with E-state index in [2.05, 4.69) is 4.98 Å². The molecule has 5 nitrogen and oxygen atoms in total. The topological polar surface area (TPSA) is 56.9 Å². The summed E-state index contributed by atoms with van der Waals surface area (Å²) in [6.07, 6.45) is 0. The summed E-state index contributed by atoms with van der Waals surface area (Å²) >= 11 is 0. The molecule has 0 saturated heterocycles. The van der Waals surface area contributed by atoms with Crippen molar-refractivity contribution < 1.29 is 0 Å². The van der Waals surface area contributed by atoms with Gasteiger partial charge in [-0.05, 0) is 24.3 Å². The van der Waals surface area contributed by atoms with E-state index in [0.717, 1.165) is 4.57 Å². The van der Waals surface area contributed by atoms with Gasteiger partial charge in [-0.25, -0.2) is 18.7 Å². The maximum absolute atomic E-state index is 13.3. The van der Waals surface area contributed by atoms with Gasteiger partial charge in [0, 0.05) is 5.56 Å². The summed E-state index contributed by atoms with van der Waals surface area (Å²) in [6, 6.07) is 27.2. The summed E-state index contributed by atoms with van der Waals surface area (Å²) in [5.41, 5.74) is 0.770. The van der Waals surface area contributed by atoms with Crippen molar-refractivity contribution in [3.8, 4) is 22.8 Å². The van der Waals surface area contributed by atoms with Crippen molar-refractivity contribution in [1.82, 2.24) is 14.1 Å². The lowest BCUT2D eigenvalue weighted by molar-refractivity contribution is 0.755. The summed E-state index contributed by atoms with van der Waals surface area (Å²) in [7, 11) is 0. The summed E-state index contributed by atoms with van der Waals surface area (Å²) in [5, 5.41) is 0. The van der Waals surface area contributed by atoms with E-state index in [9.17, 15) is 9.59 Å². The minimum absolute atomic E-state index is 0.319. The van der Waals surface area contributed by atoms with E-state index in [-0.39, 0.29) is 0 Å². The average Bonchev–Trinajstić information content (AvgIpc) is 2.70. The Hall–Kier alpha value is -3.73. The van der Waals surface area contributed by atoms with Crippen LogP contribution in [0.2, 0.25) is 0 Å². The van der Waals surface area contributed by atoms with E-state index in [1.165, 1.54) is 4.57 Å². The first kappa shape index (κ1) is 15.8. The normalized spacial score (nSPS) is 10.6. The SMILES string of the molecule is O=c1nc(-c2ccccc2)n(-c2ccccc2)c(=O)n1-c1ccccc1. The van der Waals surface area contributed by atoms with E-state index >= 15 is 0 Å². The lowest BCUT2D eigenvalue weighted by Crippen LogP contribution is -2.40. The van der Waals surface area contributed by atoms with Crippen LogP contribution in [0.3, 0.4) is 0 Å². The Morgan fingerprint density at radius 1 is 0.577 bits per heavy atom. The van der Waals surface area contributed by atoms with E-state index in [4.69, 9.17) is 0 Å². The molecule has 0 bridgehead atoms. The maximum atomic E-state index is 13.3. The van der Waals surface area contributed by atoms with Crippen molar-refractivity contribution in [2.75, 3.05) is 0 Å². The molecule has 3 aromatic carbocycles. The summed E-state index contributed by atoms with van der Waals surface area (Å²) in [6.45, 7) is 0. The van der Waals surface area contributed by atoms with Crippen LogP contribution in [0.5, 0.6) is 0 Å². The number of para-hydroxylation sites is 2. The van der Waals surface area contributed by atoms with E-state index in [1.807, 2.05) is 66.7 Å². The molecule has 0 saturated carbocycles. The quantitative estimate of drug-likeness (QED) is 0.575. The first-order valence-corrected chi connectivity index (χ1v) is 8.18. The zero-order valence-electron chi connectivity index (χ0n) is 13.8. The Morgan fingerprint density at radius 3 is 1.58 bits per heavy atom. The number of nitrogens with zero attached hydrogens (tertiary/aromatic N) is 3. The van der Waals surface area contributed by atoms with Crippen molar-refractivity contribution in [3.05, 3.63) is 112 Å². The fourth-order valence-electron chi connectivity index (χ4n) is 2.85. The molecule has 0 amide bonds. The number of aromatic nitrogens is 3. The minimum atomic E-state index is -0.604. The fourth-order valence-corrected chi connectivity index (χ4v) is 2.85. The fraction of sp³-hybridized carbons (Fsp3) is 0. The van der Waals surface area contributed by atoms with E-state index in [1.54, 1.807) is 24.3 Å². The first-order valence-electron chi connectivity index (χ1n) is 8.18. The first-order chi connectivity index (χ1) is 12.8. The van der Waals surface area contributed by atoms with Crippen LogP contribution in [0.1, 0.15) is 0 Å². The molecule has 4 aromatic rings. The molecular formula is C21H15N3O2. The van der Waals surface area contributed by atoms with Crippen molar-refractivity contribution in [2.45, 2.75) is 0 Å². The highest BCUT2D eigenvalue weighted by Crippen LogP contribution is 2.18. The van der Waals surface area contributed by atoms with Crippen molar-refractivity contribution in [1.29, 1.82) is 0 Å². The van der Waals surface area contributed by atoms with Crippen LogP contribution in [0.4, 0.5) is 0 Å². The Morgan fingerprint density at radius 2 is 1.04 bits per heavy atom. The molecule has 0 atom stereocenters. The number of hydrogen-bond acceptors (Lipinski definition) is 3. The standard InChI is InChI=1S/C21H15N3O2/c25-20-22-19(16-10-4-1-5-11-16)23(17-12-6-2-7-13-17)21(26)24(20)18-14-8-3-9-15-18/h1-15H. The Labute approximate surface area is 149 Å². The molecule has 0 fully saturated rings. The highest BCUT2D eigenvalue weighted by Gasteiger charge is 2.16. The van der Waals surface area contributed by atoms with Gasteiger partial charge in [0.05, 0.1) is 11.4 Å². The maximum Gasteiger partial charge on any atom is 0.358 e. The van der Waals surface area contributed by atoms with Crippen LogP contribution >= 0.6 is 0 Å². The lowest BCUT2D eigenvalue weighted by atomic mass is 10.2. The van der Waals surface area contributed by atoms with E-state index < -0.39 is 11.4 Å². The zero-order chi connectivity index (χ0) is 17.9. The molecule has 5 heteroatoms. The van der Waals surface area contributed by atoms with E-state index in [0.29, 0.717) is 22.8 Å². The summed E-state index contributed by atoms with van der Waals surface area (Å²) in [4.78, 5) is 30.2. The third-order valence-electron chi connectivity index (χ3n) is 4.05. The van der Waals surface area contributed by atoms with Crippen molar-refractivity contribution in [2.24, 2.45) is 0 Å². The summed E-state index contributed by atoms with van der Waals surface area (Å²) < 4.78 is 2.54. The number of benzene rings is 3. The van der Waals surface area contributed by atoms with Gasteiger partial charge >= 0.3 is 11.4 Å². The molecule has 0 aliphatic carbocycles. The molecule has 0 aliphatic heterocycles. The van der Waals surface area contributed by atoms with Gasteiger partial charge in [-0.1, -0.05) is 66.7 Å². The molecule has 0 aliphatic rings. The largest absolute Gasteiger partial charge is 0.358 e. The van der Waals surface area contributed by atoms with Gasteiger partial charge in [-0.15, -0.1) is 0 Å². The van der Waals surface area contributed by atoms with Crippen LogP contribution < -0.4 is 11.4 Å². The Balaban J connectivity index is 2.09. The predicted octanol–water partition coefficient (Wildman–Crippen LogP) is 3.05. The second-order valence-electron chi connectivity index (χ2n) is 5.71. The molecule has 1 heterocycles. The number of hydrogen-bond donors (Lipinski definition) is 0. The molecule has 0 unspecified atom stereocenters. The molecule has 0 spiro atoms. The van der Waals surface area contributed by atoms with Gasteiger partial charge < -0.3 is 0 Å². The van der Waals surface area contributed by atoms with Gasteiger partial charge in [0.25, 0.3) is 0 Å². The smallest absolute Gasteiger partial charge is 0.247 e. The third-order valence-corrected chi connectivity index (χ3v) is 4.05. The predicted molar refractivity (Wildman–Crippen MR) is 101 cm³/mol. The van der Waals surface area contributed by atoms with Crippen LogP contribution in [0.15, 0.2) is 101 Å². The van der Waals surface area contributed by atoms with Crippen molar-refractivity contribution in [3.63, 3.8) is 0 Å². The van der Waals surface area contributed by atoms with Crippen LogP contribution in [-0.4, -0.2) is 14.1 Å². The molecule has 4 rings (SSSR count). The Kier molecular flexibility index (Phi) is 4.03.